The van der Waals surface area contributed by atoms with Crippen LogP contribution in [0.1, 0.15) is 36.3 Å². The summed E-state index contributed by atoms with van der Waals surface area (Å²) in [6.07, 6.45) is 9.61. The SMILES string of the molecule is Cn1cc2c(c1)C(CCN)CCC2. The van der Waals surface area contributed by atoms with Crippen molar-refractivity contribution in [1.82, 2.24) is 4.57 Å². The Labute approximate surface area is 79.7 Å². The lowest BCUT2D eigenvalue weighted by Gasteiger charge is -2.21. The van der Waals surface area contributed by atoms with Crippen molar-refractivity contribution >= 4 is 0 Å². The summed E-state index contributed by atoms with van der Waals surface area (Å²) >= 11 is 0. The van der Waals surface area contributed by atoms with E-state index in [1.54, 1.807) is 11.1 Å². The van der Waals surface area contributed by atoms with Crippen LogP contribution in [0.5, 0.6) is 0 Å². The van der Waals surface area contributed by atoms with E-state index in [4.69, 9.17) is 5.73 Å². The fourth-order valence-corrected chi connectivity index (χ4v) is 2.43. The van der Waals surface area contributed by atoms with Gasteiger partial charge in [-0.1, -0.05) is 0 Å². The fourth-order valence-electron chi connectivity index (χ4n) is 2.43. The van der Waals surface area contributed by atoms with Crippen molar-refractivity contribution in [3.8, 4) is 0 Å². The van der Waals surface area contributed by atoms with Gasteiger partial charge in [0.05, 0.1) is 0 Å². The molecule has 2 rings (SSSR count). The highest BCUT2D eigenvalue weighted by molar-refractivity contribution is 5.30. The zero-order valence-electron chi connectivity index (χ0n) is 8.29. The molecule has 2 nitrogen and oxygen atoms in total. The third kappa shape index (κ3) is 1.63. The highest BCUT2D eigenvalue weighted by Crippen LogP contribution is 2.33. The second-order valence-electron chi connectivity index (χ2n) is 4.07. The third-order valence-corrected chi connectivity index (χ3v) is 3.03. The first-order valence-corrected chi connectivity index (χ1v) is 5.16. The Morgan fingerprint density at radius 1 is 1.54 bits per heavy atom. The molecule has 1 aromatic rings. The smallest absolute Gasteiger partial charge is 0.0106 e. The van der Waals surface area contributed by atoms with Crippen LogP contribution >= 0.6 is 0 Å². The van der Waals surface area contributed by atoms with Gasteiger partial charge in [-0.3, -0.25) is 0 Å². The van der Waals surface area contributed by atoms with Crippen molar-refractivity contribution in [3.63, 3.8) is 0 Å². The predicted molar refractivity (Wildman–Crippen MR) is 54.8 cm³/mol. The van der Waals surface area contributed by atoms with E-state index in [1.165, 1.54) is 19.3 Å². The Kier molecular flexibility index (Phi) is 2.40. The van der Waals surface area contributed by atoms with Gasteiger partial charge in [0.15, 0.2) is 0 Å². The van der Waals surface area contributed by atoms with Gasteiger partial charge >= 0.3 is 0 Å². The van der Waals surface area contributed by atoms with Gasteiger partial charge in [-0.05, 0) is 49.3 Å². The molecule has 0 radical (unpaired) electrons. The first-order valence-electron chi connectivity index (χ1n) is 5.16. The molecular formula is C11H18N2. The summed E-state index contributed by atoms with van der Waals surface area (Å²) in [5.41, 5.74) is 8.72. The second-order valence-corrected chi connectivity index (χ2v) is 4.07. The zero-order valence-corrected chi connectivity index (χ0v) is 8.29. The molecule has 0 aromatic carbocycles. The van der Waals surface area contributed by atoms with Crippen LogP contribution in [0.2, 0.25) is 0 Å². The van der Waals surface area contributed by atoms with Crippen LogP contribution in [-0.2, 0) is 13.5 Å². The second kappa shape index (κ2) is 3.54. The number of aromatic nitrogens is 1. The van der Waals surface area contributed by atoms with E-state index in [1.807, 2.05) is 0 Å². The van der Waals surface area contributed by atoms with Gasteiger partial charge in [0.25, 0.3) is 0 Å². The van der Waals surface area contributed by atoms with E-state index in [2.05, 4.69) is 24.0 Å². The average Bonchev–Trinajstić information content (AvgIpc) is 2.47. The fraction of sp³-hybridized carbons (Fsp3) is 0.636. The molecule has 0 bridgehead atoms. The van der Waals surface area contributed by atoms with Crippen LogP contribution in [0.4, 0.5) is 0 Å². The molecule has 0 saturated heterocycles. The van der Waals surface area contributed by atoms with Gasteiger partial charge in [-0.15, -0.1) is 0 Å². The highest BCUT2D eigenvalue weighted by Gasteiger charge is 2.20. The molecule has 2 N–H and O–H groups in total. The van der Waals surface area contributed by atoms with Crippen LogP contribution in [0.15, 0.2) is 12.4 Å². The maximum atomic E-state index is 5.62. The van der Waals surface area contributed by atoms with Crippen LogP contribution in [-0.4, -0.2) is 11.1 Å². The summed E-state index contributed by atoms with van der Waals surface area (Å²) in [6, 6.07) is 0. The Morgan fingerprint density at radius 2 is 2.38 bits per heavy atom. The van der Waals surface area contributed by atoms with E-state index in [0.717, 1.165) is 18.9 Å². The number of rotatable bonds is 2. The minimum absolute atomic E-state index is 0.731. The summed E-state index contributed by atoms with van der Waals surface area (Å²) in [6.45, 7) is 0.818. The van der Waals surface area contributed by atoms with Crippen molar-refractivity contribution in [2.75, 3.05) is 6.54 Å². The van der Waals surface area contributed by atoms with Gasteiger partial charge in [0.2, 0.25) is 0 Å². The molecule has 0 spiro atoms. The molecule has 13 heavy (non-hydrogen) atoms. The lowest BCUT2D eigenvalue weighted by atomic mass is 9.84. The standard InChI is InChI=1S/C11H18N2/c1-13-7-10-4-2-3-9(5-6-12)11(10)8-13/h7-9H,2-6,12H2,1H3. The molecular weight excluding hydrogens is 160 g/mol. The van der Waals surface area contributed by atoms with Gasteiger partial charge in [0, 0.05) is 19.4 Å². The normalized spacial score (nSPS) is 21.5. The lowest BCUT2D eigenvalue weighted by Crippen LogP contribution is -2.12. The van der Waals surface area contributed by atoms with Gasteiger partial charge in [0.1, 0.15) is 0 Å². The number of hydrogen-bond donors (Lipinski definition) is 1. The van der Waals surface area contributed by atoms with E-state index in [0.29, 0.717) is 0 Å². The van der Waals surface area contributed by atoms with Crippen molar-refractivity contribution in [2.45, 2.75) is 31.6 Å². The summed E-state index contributed by atoms with van der Waals surface area (Å²) in [5.74, 6) is 0.731. The van der Waals surface area contributed by atoms with Crippen molar-refractivity contribution < 1.29 is 0 Å². The minimum atomic E-state index is 0.731. The van der Waals surface area contributed by atoms with E-state index in [9.17, 15) is 0 Å². The zero-order chi connectivity index (χ0) is 9.26. The Balaban J connectivity index is 2.25. The van der Waals surface area contributed by atoms with E-state index >= 15 is 0 Å². The topological polar surface area (TPSA) is 30.9 Å². The van der Waals surface area contributed by atoms with Gasteiger partial charge < -0.3 is 10.3 Å². The molecule has 0 saturated carbocycles. The van der Waals surface area contributed by atoms with Crippen molar-refractivity contribution in [3.05, 3.63) is 23.5 Å². The van der Waals surface area contributed by atoms with Crippen LogP contribution in [0, 0.1) is 0 Å². The van der Waals surface area contributed by atoms with Crippen LogP contribution in [0.25, 0.3) is 0 Å². The number of hydrogen-bond acceptors (Lipinski definition) is 1. The molecule has 1 aromatic heterocycles. The van der Waals surface area contributed by atoms with Gasteiger partial charge in [-0.2, -0.15) is 0 Å². The summed E-state index contributed by atoms with van der Waals surface area (Å²) in [5, 5.41) is 0. The largest absolute Gasteiger partial charge is 0.357 e. The molecule has 1 atom stereocenters. The van der Waals surface area contributed by atoms with E-state index in [-0.39, 0.29) is 0 Å². The molecule has 0 fully saturated rings. The first kappa shape index (κ1) is 8.82. The van der Waals surface area contributed by atoms with E-state index < -0.39 is 0 Å². The monoisotopic (exact) mass is 178 g/mol. The molecule has 0 aliphatic heterocycles. The molecule has 2 heteroatoms. The quantitative estimate of drug-likeness (QED) is 0.735. The van der Waals surface area contributed by atoms with Crippen molar-refractivity contribution in [2.24, 2.45) is 12.8 Å². The van der Waals surface area contributed by atoms with Crippen LogP contribution in [0.3, 0.4) is 0 Å². The Hall–Kier alpha value is -0.760. The molecule has 1 unspecified atom stereocenters. The molecule has 1 heterocycles. The molecule has 1 aliphatic carbocycles. The Bertz CT molecular complexity index is 288. The molecule has 0 amide bonds. The first-order chi connectivity index (χ1) is 6.31. The summed E-state index contributed by atoms with van der Waals surface area (Å²) in [4.78, 5) is 0. The average molecular weight is 178 g/mol. The number of nitrogens with two attached hydrogens (primary N) is 1. The minimum Gasteiger partial charge on any atom is -0.357 e. The van der Waals surface area contributed by atoms with Crippen LogP contribution < -0.4 is 5.73 Å². The predicted octanol–water partition coefficient (Wildman–Crippen LogP) is 1.79. The number of nitrogens with zero attached hydrogens (tertiary/aromatic N) is 1. The van der Waals surface area contributed by atoms with Crippen molar-refractivity contribution in [1.29, 1.82) is 0 Å². The van der Waals surface area contributed by atoms with Gasteiger partial charge in [-0.25, -0.2) is 0 Å². The highest BCUT2D eigenvalue weighted by atomic mass is 14.9. The number of fused-ring (bicyclic) bond motifs is 1. The third-order valence-electron chi connectivity index (χ3n) is 3.03. The number of aryl methyl sites for hydroxylation is 2. The molecule has 1 aliphatic rings. The summed E-state index contributed by atoms with van der Waals surface area (Å²) < 4.78 is 2.18. The Morgan fingerprint density at radius 3 is 3.15 bits per heavy atom. The maximum Gasteiger partial charge on any atom is 0.0106 e. The molecule has 72 valence electrons. The maximum absolute atomic E-state index is 5.62. The lowest BCUT2D eigenvalue weighted by molar-refractivity contribution is 0.528. The summed E-state index contributed by atoms with van der Waals surface area (Å²) in [7, 11) is 2.11.